The fourth-order valence-corrected chi connectivity index (χ4v) is 1.24. The summed E-state index contributed by atoms with van der Waals surface area (Å²) in [6, 6.07) is 5.34. The number of nitrogens with zero attached hydrogens (tertiary/aromatic N) is 1. The van der Waals surface area contributed by atoms with E-state index in [2.05, 4.69) is 11.6 Å². The van der Waals surface area contributed by atoms with E-state index in [1.54, 1.807) is 24.8 Å². The lowest BCUT2D eigenvalue weighted by atomic mass is 10.1. The van der Waals surface area contributed by atoms with E-state index >= 15 is 0 Å². The molecule has 2 aromatic heterocycles. The van der Waals surface area contributed by atoms with Crippen LogP contribution in [0.2, 0.25) is 0 Å². The summed E-state index contributed by atoms with van der Waals surface area (Å²) in [7, 11) is 0. The summed E-state index contributed by atoms with van der Waals surface area (Å²) in [5.74, 6) is -0.172. The third-order valence-corrected chi connectivity index (χ3v) is 2.06. The van der Waals surface area contributed by atoms with Gasteiger partial charge in [0.05, 0.1) is 12.5 Å². The van der Waals surface area contributed by atoms with Crippen LogP contribution in [0.15, 0.2) is 54.0 Å². The van der Waals surface area contributed by atoms with Crippen LogP contribution in [0.1, 0.15) is 10.5 Å². The number of ketones is 1. The first kappa shape index (κ1) is 9.40. The Hall–Kier alpha value is -2.16. The maximum Gasteiger partial charge on any atom is 0.203 e. The van der Waals surface area contributed by atoms with Gasteiger partial charge in [-0.15, -0.1) is 0 Å². The molecule has 0 aliphatic carbocycles. The second kappa shape index (κ2) is 3.92. The zero-order valence-electron chi connectivity index (χ0n) is 8.01. The molecule has 0 unspecified atom stereocenters. The van der Waals surface area contributed by atoms with Gasteiger partial charge in [0.25, 0.3) is 0 Å². The molecule has 0 saturated carbocycles. The predicted molar refractivity (Wildman–Crippen MR) is 56.5 cm³/mol. The van der Waals surface area contributed by atoms with Crippen molar-refractivity contribution in [1.29, 1.82) is 0 Å². The van der Waals surface area contributed by atoms with Crippen LogP contribution < -0.4 is 0 Å². The molecule has 0 aromatic carbocycles. The number of aromatic nitrogens is 1. The average molecular weight is 199 g/mol. The number of hydrogen-bond donors (Lipinski definition) is 0. The summed E-state index contributed by atoms with van der Waals surface area (Å²) < 4.78 is 4.96. The lowest BCUT2D eigenvalue weighted by Crippen LogP contribution is -1.96. The Morgan fingerprint density at radius 2 is 2.20 bits per heavy atom. The zero-order valence-corrected chi connectivity index (χ0v) is 8.01. The molecule has 3 nitrogen and oxygen atoms in total. The average Bonchev–Trinajstić information content (AvgIpc) is 2.82. The quantitative estimate of drug-likeness (QED) is 0.563. The monoisotopic (exact) mass is 199 g/mol. The van der Waals surface area contributed by atoms with Gasteiger partial charge >= 0.3 is 0 Å². The van der Waals surface area contributed by atoms with E-state index in [0.29, 0.717) is 5.69 Å². The number of hydrogen-bond acceptors (Lipinski definition) is 3. The third kappa shape index (κ3) is 1.86. The molecular formula is C12H9NO2. The summed E-state index contributed by atoms with van der Waals surface area (Å²) in [5, 5.41) is 0. The van der Waals surface area contributed by atoms with Crippen molar-refractivity contribution in [1.82, 2.24) is 4.98 Å². The van der Waals surface area contributed by atoms with Crippen LogP contribution >= 0.6 is 0 Å². The molecule has 0 spiro atoms. The highest BCUT2D eigenvalue weighted by Crippen LogP contribution is 2.18. The fourth-order valence-electron chi connectivity index (χ4n) is 1.24. The predicted octanol–water partition coefficient (Wildman–Crippen LogP) is 2.71. The van der Waals surface area contributed by atoms with Crippen LogP contribution in [0.3, 0.4) is 0 Å². The Kier molecular flexibility index (Phi) is 2.46. The first-order chi connectivity index (χ1) is 7.31. The van der Waals surface area contributed by atoms with E-state index < -0.39 is 0 Å². The SMILES string of the molecule is C=CC(=O)c1ccc(-c2ccoc2)cn1. The van der Waals surface area contributed by atoms with Crippen molar-refractivity contribution in [2.45, 2.75) is 0 Å². The normalized spacial score (nSPS) is 9.87. The second-order valence-corrected chi connectivity index (χ2v) is 3.01. The second-order valence-electron chi connectivity index (χ2n) is 3.01. The number of rotatable bonds is 3. The van der Waals surface area contributed by atoms with E-state index in [1.165, 1.54) is 6.08 Å². The van der Waals surface area contributed by atoms with E-state index in [1.807, 2.05) is 12.1 Å². The Labute approximate surface area is 87.1 Å². The van der Waals surface area contributed by atoms with E-state index in [4.69, 9.17) is 4.42 Å². The smallest absolute Gasteiger partial charge is 0.203 e. The highest BCUT2D eigenvalue weighted by Gasteiger charge is 2.04. The first-order valence-electron chi connectivity index (χ1n) is 4.46. The van der Waals surface area contributed by atoms with Crippen LogP contribution in [-0.4, -0.2) is 10.8 Å². The van der Waals surface area contributed by atoms with Gasteiger partial charge in [-0.2, -0.15) is 0 Å². The molecule has 74 valence electrons. The van der Waals surface area contributed by atoms with Gasteiger partial charge in [-0.3, -0.25) is 9.78 Å². The highest BCUT2D eigenvalue weighted by molar-refractivity contribution is 6.02. The summed E-state index contributed by atoms with van der Waals surface area (Å²) in [4.78, 5) is 15.3. The van der Waals surface area contributed by atoms with Gasteiger partial charge in [0, 0.05) is 17.3 Å². The van der Waals surface area contributed by atoms with Gasteiger partial charge in [-0.25, -0.2) is 0 Å². The Morgan fingerprint density at radius 1 is 1.33 bits per heavy atom. The number of pyridine rings is 1. The molecule has 0 fully saturated rings. The Morgan fingerprint density at radius 3 is 2.73 bits per heavy atom. The van der Waals surface area contributed by atoms with Gasteiger partial charge in [0.2, 0.25) is 5.78 Å². The van der Waals surface area contributed by atoms with Crippen LogP contribution in [0, 0.1) is 0 Å². The largest absolute Gasteiger partial charge is 0.472 e. The standard InChI is InChI=1S/C12H9NO2/c1-2-12(14)11-4-3-9(7-13-11)10-5-6-15-8-10/h2-8H,1H2. The van der Waals surface area contributed by atoms with E-state index in [-0.39, 0.29) is 5.78 Å². The topological polar surface area (TPSA) is 43.1 Å². The molecule has 0 aliphatic heterocycles. The third-order valence-electron chi connectivity index (χ3n) is 2.06. The van der Waals surface area contributed by atoms with Crippen molar-refractivity contribution in [2.24, 2.45) is 0 Å². The molecule has 2 aromatic rings. The molecule has 3 heteroatoms. The summed E-state index contributed by atoms with van der Waals surface area (Å²) in [5.41, 5.74) is 2.27. The van der Waals surface area contributed by atoms with Gasteiger partial charge in [-0.1, -0.05) is 12.6 Å². The summed E-state index contributed by atoms with van der Waals surface area (Å²) in [6.45, 7) is 3.40. The highest BCUT2D eigenvalue weighted by atomic mass is 16.3. The first-order valence-corrected chi connectivity index (χ1v) is 4.46. The lowest BCUT2D eigenvalue weighted by Gasteiger charge is -1.97. The lowest BCUT2D eigenvalue weighted by molar-refractivity contribution is 0.104. The van der Waals surface area contributed by atoms with Crippen molar-refractivity contribution in [3.8, 4) is 11.1 Å². The molecule has 15 heavy (non-hydrogen) atoms. The van der Waals surface area contributed by atoms with Crippen molar-refractivity contribution in [3.05, 3.63) is 55.3 Å². The van der Waals surface area contributed by atoms with Crippen LogP contribution in [0.4, 0.5) is 0 Å². The molecule has 0 N–H and O–H groups in total. The summed E-state index contributed by atoms with van der Waals surface area (Å²) >= 11 is 0. The maximum atomic E-state index is 11.2. The molecule has 2 rings (SSSR count). The van der Waals surface area contributed by atoms with E-state index in [0.717, 1.165) is 11.1 Å². The minimum absolute atomic E-state index is 0.172. The van der Waals surface area contributed by atoms with Crippen molar-refractivity contribution in [3.63, 3.8) is 0 Å². The molecular weight excluding hydrogens is 190 g/mol. The Balaban J connectivity index is 2.32. The number of carbonyl (C=O) groups excluding carboxylic acids is 1. The van der Waals surface area contributed by atoms with Crippen molar-refractivity contribution >= 4 is 5.78 Å². The number of allylic oxidation sites excluding steroid dienone is 1. The molecule has 0 aliphatic rings. The van der Waals surface area contributed by atoms with E-state index in [9.17, 15) is 4.79 Å². The molecule has 0 bridgehead atoms. The van der Waals surface area contributed by atoms with Crippen molar-refractivity contribution in [2.75, 3.05) is 0 Å². The summed E-state index contributed by atoms with van der Waals surface area (Å²) in [6.07, 6.45) is 6.12. The molecule has 0 radical (unpaired) electrons. The molecule has 0 amide bonds. The van der Waals surface area contributed by atoms with Gasteiger partial charge < -0.3 is 4.42 Å². The molecule has 2 heterocycles. The molecule has 0 saturated heterocycles. The van der Waals surface area contributed by atoms with Crippen LogP contribution in [0.5, 0.6) is 0 Å². The van der Waals surface area contributed by atoms with Gasteiger partial charge in [-0.05, 0) is 18.2 Å². The minimum Gasteiger partial charge on any atom is -0.472 e. The van der Waals surface area contributed by atoms with Gasteiger partial charge in [0.1, 0.15) is 5.69 Å². The maximum absolute atomic E-state index is 11.2. The Bertz CT molecular complexity index is 469. The van der Waals surface area contributed by atoms with Crippen LogP contribution in [-0.2, 0) is 0 Å². The number of carbonyl (C=O) groups is 1. The van der Waals surface area contributed by atoms with Gasteiger partial charge in [0.15, 0.2) is 0 Å². The van der Waals surface area contributed by atoms with Crippen LogP contribution in [0.25, 0.3) is 11.1 Å². The minimum atomic E-state index is -0.172. The fraction of sp³-hybridized carbons (Fsp3) is 0. The zero-order chi connectivity index (χ0) is 10.7. The van der Waals surface area contributed by atoms with Crippen molar-refractivity contribution < 1.29 is 9.21 Å². The molecule has 0 atom stereocenters. The number of furan rings is 1.